The maximum absolute atomic E-state index is 6.01. The fourth-order valence-corrected chi connectivity index (χ4v) is 2.83. The summed E-state index contributed by atoms with van der Waals surface area (Å²) in [7, 11) is 0. The average molecular weight is 254 g/mol. The van der Waals surface area contributed by atoms with Gasteiger partial charge in [-0.3, -0.25) is 4.90 Å². The van der Waals surface area contributed by atoms with E-state index in [-0.39, 0.29) is 0 Å². The van der Waals surface area contributed by atoms with Gasteiger partial charge in [0.15, 0.2) is 0 Å². The van der Waals surface area contributed by atoms with E-state index in [1.54, 1.807) is 0 Å². The van der Waals surface area contributed by atoms with Gasteiger partial charge in [0, 0.05) is 25.2 Å². The highest BCUT2D eigenvalue weighted by Gasteiger charge is 2.33. The van der Waals surface area contributed by atoms with Crippen LogP contribution in [0.3, 0.4) is 0 Å². The molecule has 1 saturated carbocycles. The van der Waals surface area contributed by atoms with E-state index in [1.807, 2.05) is 0 Å². The number of nitrogens with zero attached hydrogens (tertiary/aromatic N) is 1. The van der Waals surface area contributed by atoms with Crippen LogP contribution >= 0.6 is 0 Å². The summed E-state index contributed by atoms with van der Waals surface area (Å²) >= 11 is 0. The standard InChI is InChI=1S/C16H34N2/c1-4-5-6-7-8-9-16(12-17)18(13-14(2)3)15-10-11-15/h14-16H,4-13,17H2,1-3H3. The highest BCUT2D eigenvalue weighted by molar-refractivity contribution is 4.89. The molecule has 1 atom stereocenters. The third-order valence-corrected chi connectivity index (χ3v) is 3.97. The number of nitrogens with two attached hydrogens (primary N) is 1. The van der Waals surface area contributed by atoms with Crippen LogP contribution < -0.4 is 5.73 Å². The van der Waals surface area contributed by atoms with Crippen molar-refractivity contribution in [3.05, 3.63) is 0 Å². The maximum Gasteiger partial charge on any atom is 0.0221 e. The zero-order chi connectivity index (χ0) is 13.4. The molecule has 0 saturated heterocycles. The number of hydrogen-bond donors (Lipinski definition) is 1. The van der Waals surface area contributed by atoms with Crippen molar-refractivity contribution in [2.24, 2.45) is 11.7 Å². The van der Waals surface area contributed by atoms with Gasteiger partial charge in [0.2, 0.25) is 0 Å². The van der Waals surface area contributed by atoms with Crippen LogP contribution in [0.15, 0.2) is 0 Å². The lowest BCUT2D eigenvalue weighted by Crippen LogP contribution is -2.44. The van der Waals surface area contributed by atoms with Crippen LogP contribution in [0.2, 0.25) is 0 Å². The van der Waals surface area contributed by atoms with Gasteiger partial charge in [-0.2, -0.15) is 0 Å². The van der Waals surface area contributed by atoms with Gasteiger partial charge in [-0.25, -0.2) is 0 Å². The monoisotopic (exact) mass is 254 g/mol. The summed E-state index contributed by atoms with van der Waals surface area (Å²) in [6.07, 6.45) is 11.0. The molecule has 0 spiro atoms. The van der Waals surface area contributed by atoms with Crippen molar-refractivity contribution >= 4 is 0 Å². The van der Waals surface area contributed by atoms with Crippen LogP contribution in [-0.4, -0.2) is 30.1 Å². The van der Waals surface area contributed by atoms with E-state index < -0.39 is 0 Å². The molecule has 0 aromatic rings. The van der Waals surface area contributed by atoms with E-state index in [9.17, 15) is 0 Å². The number of hydrogen-bond acceptors (Lipinski definition) is 2. The normalized spacial score (nSPS) is 17.7. The second-order valence-electron chi connectivity index (χ2n) is 6.41. The molecule has 18 heavy (non-hydrogen) atoms. The van der Waals surface area contributed by atoms with Gasteiger partial charge in [-0.05, 0) is 25.2 Å². The highest BCUT2D eigenvalue weighted by atomic mass is 15.2. The van der Waals surface area contributed by atoms with Crippen LogP contribution in [0.25, 0.3) is 0 Å². The average Bonchev–Trinajstić information content (AvgIpc) is 3.15. The van der Waals surface area contributed by atoms with E-state index in [4.69, 9.17) is 5.73 Å². The molecule has 1 unspecified atom stereocenters. The number of rotatable bonds is 11. The predicted octanol–water partition coefficient (Wildman–Crippen LogP) is 3.79. The quantitative estimate of drug-likeness (QED) is 0.568. The molecular formula is C16H34N2. The van der Waals surface area contributed by atoms with Gasteiger partial charge in [0.05, 0.1) is 0 Å². The fourth-order valence-electron chi connectivity index (χ4n) is 2.83. The molecule has 0 radical (unpaired) electrons. The van der Waals surface area contributed by atoms with Crippen molar-refractivity contribution in [1.82, 2.24) is 4.90 Å². The minimum atomic E-state index is 0.640. The van der Waals surface area contributed by atoms with Gasteiger partial charge in [0.1, 0.15) is 0 Å². The van der Waals surface area contributed by atoms with E-state index in [0.29, 0.717) is 6.04 Å². The first-order valence-corrected chi connectivity index (χ1v) is 8.14. The predicted molar refractivity (Wildman–Crippen MR) is 80.8 cm³/mol. The molecule has 0 bridgehead atoms. The van der Waals surface area contributed by atoms with Gasteiger partial charge in [-0.15, -0.1) is 0 Å². The summed E-state index contributed by atoms with van der Waals surface area (Å²) in [5.41, 5.74) is 6.01. The summed E-state index contributed by atoms with van der Waals surface area (Å²) in [5, 5.41) is 0. The molecule has 0 aliphatic heterocycles. The molecule has 0 aromatic carbocycles. The zero-order valence-electron chi connectivity index (χ0n) is 12.8. The van der Waals surface area contributed by atoms with Crippen LogP contribution in [0.1, 0.15) is 72.1 Å². The maximum atomic E-state index is 6.01. The van der Waals surface area contributed by atoms with Crippen molar-refractivity contribution in [2.45, 2.75) is 84.2 Å². The zero-order valence-corrected chi connectivity index (χ0v) is 12.8. The van der Waals surface area contributed by atoms with Gasteiger partial charge >= 0.3 is 0 Å². The lowest BCUT2D eigenvalue weighted by atomic mass is 10.0. The smallest absolute Gasteiger partial charge is 0.0221 e. The minimum absolute atomic E-state index is 0.640. The number of unbranched alkanes of at least 4 members (excludes halogenated alkanes) is 4. The summed E-state index contributed by atoms with van der Waals surface area (Å²) in [6, 6.07) is 1.50. The minimum Gasteiger partial charge on any atom is -0.329 e. The first-order chi connectivity index (χ1) is 8.69. The Hall–Kier alpha value is -0.0800. The molecule has 0 aromatic heterocycles. The van der Waals surface area contributed by atoms with E-state index in [1.165, 1.54) is 57.9 Å². The molecule has 1 rings (SSSR count). The Labute approximate surface area is 114 Å². The highest BCUT2D eigenvalue weighted by Crippen LogP contribution is 2.30. The Bertz CT molecular complexity index is 199. The molecule has 1 fully saturated rings. The second kappa shape index (κ2) is 8.92. The van der Waals surface area contributed by atoms with Crippen molar-refractivity contribution in [3.63, 3.8) is 0 Å². The molecule has 2 N–H and O–H groups in total. The molecular weight excluding hydrogens is 220 g/mol. The molecule has 0 heterocycles. The van der Waals surface area contributed by atoms with Crippen molar-refractivity contribution < 1.29 is 0 Å². The summed E-state index contributed by atoms with van der Waals surface area (Å²) < 4.78 is 0. The van der Waals surface area contributed by atoms with Crippen molar-refractivity contribution in [1.29, 1.82) is 0 Å². The molecule has 2 nitrogen and oxygen atoms in total. The second-order valence-corrected chi connectivity index (χ2v) is 6.41. The Morgan fingerprint density at radius 1 is 1.11 bits per heavy atom. The van der Waals surface area contributed by atoms with Gasteiger partial charge in [0.25, 0.3) is 0 Å². The van der Waals surface area contributed by atoms with Crippen LogP contribution in [0, 0.1) is 5.92 Å². The molecule has 108 valence electrons. The van der Waals surface area contributed by atoms with E-state index in [2.05, 4.69) is 25.7 Å². The third-order valence-electron chi connectivity index (χ3n) is 3.97. The summed E-state index contributed by atoms with van der Waals surface area (Å²) in [6.45, 7) is 9.01. The Morgan fingerprint density at radius 2 is 1.78 bits per heavy atom. The fraction of sp³-hybridized carbons (Fsp3) is 1.00. The molecule has 1 aliphatic rings. The van der Waals surface area contributed by atoms with Crippen molar-refractivity contribution in [2.75, 3.05) is 13.1 Å². The first kappa shape index (κ1) is 16.0. The van der Waals surface area contributed by atoms with E-state index in [0.717, 1.165) is 18.5 Å². The Balaban J connectivity index is 2.27. The molecule has 0 amide bonds. The lowest BCUT2D eigenvalue weighted by Gasteiger charge is -2.32. The van der Waals surface area contributed by atoms with E-state index >= 15 is 0 Å². The lowest BCUT2D eigenvalue weighted by molar-refractivity contribution is 0.158. The largest absolute Gasteiger partial charge is 0.329 e. The Morgan fingerprint density at radius 3 is 2.28 bits per heavy atom. The third kappa shape index (κ3) is 6.19. The van der Waals surface area contributed by atoms with Gasteiger partial charge < -0.3 is 5.73 Å². The molecule has 2 heteroatoms. The van der Waals surface area contributed by atoms with Crippen molar-refractivity contribution in [3.8, 4) is 0 Å². The van der Waals surface area contributed by atoms with Crippen LogP contribution in [0.5, 0.6) is 0 Å². The van der Waals surface area contributed by atoms with Crippen LogP contribution in [-0.2, 0) is 0 Å². The summed E-state index contributed by atoms with van der Waals surface area (Å²) in [5.74, 6) is 0.764. The summed E-state index contributed by atoms with van der Waals surface area (Å²) in [4.78, 5) is 2.71. The van der Waals surface area contributed by atoms with Gasteiger partial charge in [-0.1, -0.05) is 52.9 Å². The topological polar surface area (TPSA) is 29.3 Å². The first-order valence-electron chi connectivity index (χ1n) is 8.14. The van der Waals surface area contributed by atoms with Crippen LogP contribution in [0.4, 0.5) is 0 Å². The Kier molecular flexibility index (Phi) is 7.92. The SMILES string of the molecule is CCCCCCCC(CN)N(CC(C)C)C1CC1. The molecule has 1 aliphatic carbocycles.